The molecule has 2 aromatic heterocycles. The first-order chi connectivity index (χ1) is 10.2. The van der Waals surface area contributed by atoms with Crippen LogP contribution in [0.5, 0.6) is 5.75 Å². The predicted octanol–water partition coefficient (Wildman–Crippen LogP) is 2.80. The lowest BCUT2D eigenvalue weighted by Gasteiger charge is -2.05. The zero-order valence-corrected chi connectivity index (χ0v) is 11.7. The largest absolute Gasteiger partial charge is 0.497 e. The Morgan fingerprint density at radius 2 is 1.76 bits per heavy atom. The van der Waals surface area contributed by atoms with Crippen LogP contribution in [0.15, 0.2) is 48.8 Å². The van der Waals surface area contributed by atoms with Crippen molar-refractivity contribution in [3.05, 3.63) is 54.4 Å². The molecule has 0 atom stereocenters. The Balaban J connectivity index is 2.03. The second-order valence-corrected chi connectivity index (χ2v) is 4.53. The maximum atomic E-state index is 11.6. The molecule has 0 aliphatic rings. The van der Waals surface area contributed by atoms with Crippen molar-refractivity contribution < 1.29 is 14.3 Å². The summed E-state index contributed by atoms with van der Waals surface area (Å²) in [4.78, 5) is 11.6. The van der Waals surface area contributed by atoms with Gasteiger partial charge >= 0.3 is 5.97 Å². The van der Waals surface area contributed by atoms with Crippen LogP contribution in [0.1, 0.15) is 10.4 Å². The summed E-state index contributed by atoms with van der Waals surface area (Å²) in [6.07, 6.45) is 3.39. The van der Waals surface area contributed by atoms with E-state index in [1.54, 1.807) is 11.6 Å². The number of benzene rings is 1. The van der Waals surface area contributed by atoms with Crippen LogP contribution in [0.25, 0.3) is 16.6 Å². The first-order valence-electron chi connectivity index (χ1n) is 6.43. The summed E-state index contributed by atoms with van der Waals surface area (Å²) in [5.74, 6) is 0.425. The van der Waals surface area contributed by atoms with Gasteiger partial charge in [0.05, 0.1) is 25.9 Å². The van der Waals surface area contributed by atoms with E-state index < -0.39 is 0 Å². The topological polar surface area (TPSA) is 52.8 Å². The van der Waals surface area contributed by atoms with E-state index >= 15 is 0 Å². The Labute approximate surface area is 121 Å². The number of hydrogen-bond acceptors (Lipinski definition) is 4. The Bertz CT molecular complexity index is 791. The molecule has 3 aromatic rings. The Kier molecular flexibility index (Phi) is 3.31. The highest BCUT2D eigenvalue weighted by molar-refractivity contribution is 5.96. The van der Waals surface area contributed by atoms with E-state index in [-0.39, 0.29) is 5.97 Å². The van der Waals surface area contributed by atoms with Crippen molar-refractivity contribution in [1.29, 1.82) is 0 Å². The van der Waals surface area contributed by atoms with Crippen LogP contribution in [0.4, 0.5) is 0 Å². The fourth-order valence-corrected chi connectivity index (χ4v) is 2.21. The van der Waals surface area contributed by atoms with Crippen molar-refractivity contribution in [2.75, 3.05) is 14.2 Å². The maximum Gasteiger partial charge on any atom is 0.341 e. The Morgan fingerprint density at radius 1 is 1.05 bits per heavy atom. The first-order valence-corrected chi connectivity index (χ1v) is 6.43. The van der Waals surface area contributed by atoms with E-state index in [9.17, 15) is 4.79 Å². The van der Waals surface area contributed by atoms with E-state index in [0.717, 1.165) is 22.4 Å². The fourth-order valence-electron chi connectivity index (χ4n) is 2.21. The average molecular weight is 282 g/mol. The predicted molar refractivity (Wildman–Crippen MR) is 78.5 cm³/mol. The first kappa shape index (κ1) is 13.2. The minimum absolute atomic E-state index is 0.387. The van der Waals surface area contributed by atoms with Crippen molar-refractivity contribution >= 4 is 11.5 Å². The molecule has 5 heteroatoms. The van der Waals surface area contributed by atoms with Crippen LogP contribution in [0, 0.1) is 0 Å². The smallest absolute Gasteiger partial charge is 0.341 e. The third-order valence-electron chi connectivity index (χ3n) is 3.34. The van der Waals surface area contributed by atoms with Crippen molar-refractivity contribution in [2.45, 2.75) is 0 Å². The molecule has 0 N–H and O–H groups in total. The van der Waals surface area contributed by atoms with E-state index in [1.807, 2.05) is 42.6 Å². The van der Waals surface area contributed by atoms with Gasteiger partial charge in [-0.15, -0.1) is 0 Å². The number of esters is 1. The second kappa shape index (κ2) is 5.28. The maximum absolute atomic E-state index is 11.6. The number of ether oxygens (including phenoxy) is 2. The molecular weight excluding hydrogens is 268 g/mol. The number of aromatic nitrogens is 2. The van der Waals surface area contributed by atoms with E-state index in [0.29, 0.717) is 5.56 Å². The lowest BCUT2D eigenvalue weighted by molar-refractivity contribution is 0.0603. The Hall–Kier alpha value is -2.82. The van der Waals surface area contributed by atoms with E-state index in [4.69, 9.17) is 9.47 Å². The molecule has 0 aliphatic carbocycles. The van der Waals surface area contributed by atoms with Crippen LogP contribution in [-0.4, -0.2) is 29.8 Å². The highest BCUT2D eigenvalue weighted by Crippen LogP contribution is 2.23. The van der Waals surface area contributed by atoms with Gasteiger partial charge in [-0.05, 0) is 23.8 Å². The molecule has 2 heterocycles. The molecule has 106 valence electrons. The molecule has 1 aromatic carbocycles. The number of nitrogens with zero attached hydrogens (tertiary/aromatic N) is 2. The monoisotopic (exact) mass is 282 g/mol. The minimum Gasteiger partial charge on any atom is -0.497 e. The molecule has 0 radical (unpaired) electrons. The molecule has 0 unspecified atom stereocenters. The normalized spacial score (nSPS) is 10.6. The van der Waals surface area contributed by atoms with Gasteiger partial charge in [-0.1, -0.05) is 18.2 Å². The van der Waals surface area contributed by atoms with Gasteiger partial charge in [0, 0.05) is 11.8 Å². The van der Waals surface area contributed by atoms with Crippen molar-refractivity contribution in [3.63, 3.8) is 0 Å². The third kappa shape index (κ3) is 2.33. The standard InChI is InChI=1S/C16H14N2O3/c1-20-13-6-3-11(4-7-13)12-5-8-15-14(16(19)21-2)9-17-18(15)10-12/h3-10H,1-2H3. The molecule has 0 fully saturated rings. The van der Waals surface area contributed by atoms with Crippen LogP contribution in [-0.2, 0) is 4.74 Å². The molecule has 5 nitrogen and oxygen atoms in total. The molecule has 0 bridgehead atoms. The summed E-state index contributed by atoms with van der Waals surface area (Å²) in [6.45, 7) is 0. The molecule has 0 spiro atoms. The molecule has 21 heavy (non-hydrogen) atoms. The molecule has 3 rings (SSSR count). The van der Waals surface area contributed by atoms with Gasteiger partial charge in [-0.2, -0.15) is 5.10 Å². The average Bonchev–Trinajstić information content (AvgIpc) is 2.97. The zero-order valence-electron chi connectivity index (χ0n) is 11.7. The summed E-state index contributed by atoms with van der Waals surface area (Å²) in [5, 5.41) is 4.20. The highest BCUT2D eigenvalue weighted by atomic mass is 16.5. The summed E-state index contributed by atoms with van der Waals surface area (Å²) in [7, 11) is 3.00. The molecule has 0 aliphatic heterocycles. The van der Waals surface area contributed by atoms with Crippen molar-refractivity contribution in [2.24, 2.45) is 0 Å². The van der Waals surface area contributed by atoms with Gasteiger partial charge in [-0.25, -0.2) is 9.31 Å². The van der Waals surface area contributed by atoms with E-state index in [1.165, 1.54) is 13.3 Å². The van der Waals surface area contributed by atoms with Gasteiger partial charge < -0.3 is 9.47 Å². The number of hydrogen-bond donors (Lipinski definition) is 0. The molecule has 0 saturated carbocycles. The fraction of sp³-hybridized carbons (Fsp3) is 0.125. The number of rotatable bonds is 3. The Morgan fingerprint density at radius 3 is 2.43 bits per heavy atom. The number of carbonyl (C=O) groups is 1. The quantitative estimate of drug-likeness (QED) is 0.693. The summed E-state index contributed by atoms with van der Waals surface area (Å²) >= 11 is 0. The van der Waals surface area contributed by atoms with Crippen molar-refractivity contribution in [1.82, 2.24) is 9.61 Å². The summed E-state index contributed by atoms with van der Waals surface area (Å²) < 4.78 is 11.6. The molecule has 0 saturated heterocycles. The van der Waals surface area contributed by atoms with Crippen LogP contribution in [0.3, 0.4) is 0 Å². The molecular formula is C16H14N2O3. The van der Waals surface area contributed by atoms with Gasteiger partial charge in [0.15, 0.2) is 0 Å². The minimum atomic E-state index is -0.387. The number of fused-ring (bicyclic) bond motifs is 1. The molecule has 0 amide bonds. The van der Waals surface area contributed by atoms with Gasteiger partial charge in [0.1, 0.15) is 11.3 Å². The number of carbonyl (C=O) groups excluding carboxylic acids is 1. The van der Waals surface area contributed by atoms with Crippen LogP contribution < -0.4 is 4.74 Å². The summed E-state index contributed by atoms with van der Waals surface area (Å²) in [6, 6.07) is 11.6. The van der Waals surface area contributed by atoms with Crippen molar-refractivity contribution in [3.8, 4) is 16.9 Å². The van der Waals surface area contributed by atoms with Crippen LogP contribution in [0.2, 0.25) is 0 Å². The highest BCUT2D eigenvalue weighted by Gasteiger charge is 2.13. The SMILES string of the molecule is COC(=O)c1cnn2cc(-c3ccc(OC)cc3)ccc12. The number of methoxy groups -OCH3 is 2. The third-order valence-corrected chi connectivity index (χ3v) is 3.34. The van der Waals surface area contributed by atoms with Gasteiger partial charge in [0.25, 0.3) is 0 Å². The summed E-state index contributed by atoms with van der Waals surface area (Å²) in [5.41, 5.74) is 3.23. The lowest BCUT2D eigenvalue weighted by atomic mass is 10.1. The second-order valence-electron chi connectivity index (χ2n) is 4.53. The van der Waals surface area contributed by atoms with E-state index in [2.05, 4.69) is 5.10 Å². The van der Waals surface area contributed by atoms with Crippen LogP contribution >= 0.6 is 0 Å². The van der Waals surface area contributed by atoms with Gasteiger partial charge in [-0.3, -0.25) is 0 Å². The number of pyridine rings is 1. The lowest BCUT2D eigenvalue weighted by Crippen LogP contribution is -2.00. The van der Waals surface area contributed by atoms with Gasteiger partial charge in [0.2, 0.25) is 0 Å². The zero-order chi connectivity index (χ0) is 14.8.